The van der Waals surface area contributed by atoms with Crippen LogP contribution >= 0.6 is 0 Å². The van der Waals surface area contributed by atoms with E-state index in [-0.39, 0.29) is 11.4 Å². The Morgan fingerprint density at radius 1 is 1.56 bits per heavy atom. The van der Waals surface area contributed by atoms with Gasteiger partial charge in [-0.05, 0) is 12.1 Å². The predicted octanol–water partition coefficient (Wildman–Crippen LogP) is 1.52. The third-order valence-corrected chi connectivity index (χ3v) is 2.48. The van der Waals surface area contributed by atoms with E-state index in [1.165, 1.54) is 6.07 Å². The van der Waals surface area contributed by atoms with Crippen molar-refractivity contribution < 1.29 is 4.92 Å². The lowest BCUT2D eigenvalue weighted by molar-refractivity contribution is -0.383. The number of nitro groups is 1. The fourth-order valence-electron chi connectivity index (χ4n) is 1.60. The molecule has 94 valence electrons. The summed E-state index contributed by atoms with van der Waals surface area (Å²) in [6.45, 7) is 0.588. The number of hydrogen-bond acceptors (Lipinski definition) is 5. The Kier molecular flexibility index (Phi) is 3.13. The van der Waals surface area contributed by atoms with Crippen molar-refractivity contribution in [2.24, 2.45) is 7.05 Å². The smallest absolute Gasteiger partial charge is 0.292 e. The number of benzene rings is 1. The molecule has 0 atom stereocenters. The molecule has 0 aliphatic rings. The lowest BCUT2D eigenvalue weighted by atomic mass is 10.2. The fraction of sp³-hybridized carbons (Fsp3) is 0.182. The Balaban J connectivity index is 2.06. The summed E-state index contributed by atoms with van der Waals surface area (Å²) in [6.07, 6.45) is 3.64. The van der Waals surface area contributed by atoms with Crippen LogP contribution in [0.3, 0.4) is 0 Å². The maximum absolute atomic E-state index is 10.6. The van der Waals surface area contributed by atoms with Crippen molar-refractivity contribution in [1.29, 1.82) is 0 Å². The van der Waals surface area contributed by atoms with Gasteiger partial charge >= 0.3 is 0 Å². The van der Waals surface area contributed by atoms with E-state index in [1.54, 1.807) is 23.0 Å². The zero-order valence-corrected chi connectivity index (χ0v) is 9.83. The molecule has 2 aromatic rings. The second-order valence-electron chi connectivity index (χ2n) is 3.91. The van der Waals surface area contributed by atoms with Crippen LogP contribution in [0.1, 0.15) is 5.56 Å². The Hall–Kier alpha value is -2.57. The van der Waals surface area contributed by atoms with Gasteiger partial charge in [0.1, 0.15) is 5.69 Å². The summed E-state index contributed by atoms with van der Waals surface area (Å²) in [4.78, 5) is 10.1. The zero-order valence-electron chi connectivity index (χ0n) is 9.83. The molecule has 2 rings (SSSR count). The van der Waals surface area contributed by atoms with Gasteiger partial charge in [-0.3, -0.25) is 14.8 Å². The maximum atomic E-state index is 10.6. The first-order chi connectivity index (χ1) is 8.56. The summed E-state index contributed by atoms with van der Waals surface area (Å²) >= 11 is 0. The van der Waals surface area contributed by atoms with Crippen LogP contribution in [0.2, 0.25) is 0 Å². The van der Waals surface area contributed by atoms with Crippen LogP contribution in [-0.4, -0.2) is 14.7 Å². The first-order valence-electron chi connectivity index (χ1n) is 5.31. The van der Waals surface area contributed by atoms with Crippen LogP contribution in [0.15, 0.2) is 30.6 Å². The first kappa shape index (κ1) is 11.9. The van der Waals surface area contributed by atoms with E-state index in [1.807, 2.05) is 13.2 Å². The topological polar surface area (TPSA) is 99.0 Å². The number of nitrogens with one attached hydrogen (secondary N) is 1. The average Bonchev–Trinajstić information content (AvgIpc) is 2.72. The number of nitrogens with two attached hydrogens (primary N) is 1. The maximum Gasteiger partial charge on any atom is 0.292 e. The molecular formula is C11H13N5O2. The number of nitro benzene ring substituents is 1. The minimum absolute atomic E-state index is 0.0815. The Bertz CT molecular complexity index is 579. The van der Waals surface area contributed by atoms with E-state index >= 15 is 0 Å². The summed E-state index contributed by atoms with van der Waals surface area (Å²) in [5.41, 5.74) is 7.43. The van der Waals surface area contributed by atoms with Crippen LogP contribution < -0.4 is 11.1 Å². The molecule has 1 aromatic heterocycles. The fourth-order valence-corrected chi connectivity index (χ4v) is 1.60. The molecule has 0 aliphatic carbocycles. The lowest BCUT2D eigenvalue weighted by Gasteiger charge is -2.05. The molecule has 18 heavy (non-hydrogen) atoms. The number of hydrogen-bond donors (Lipinski definition) is 2. The number of aryl methyl sites for hydroxylation is 1. The molecule has 7 nitrogen and oxygen atoms in total. The molecule has 0 fully saturated rings. The summed E-state index contributed by atoms with van der Waals surface area (Å²) in [5.74, 6) is 0. The summed E-state index contributed by atoms with van der Waals surface area (Å²) in [7, 11) is 1.84. The largest absolute Gasteiger partial charge is 0.393 e. The van der Waals surface area contributed by atoms with Crippen molar-refractivity contribution in [1.82, 2.24) is 9.78 Å². The van der Waals surface area contributed by atoms with Gasteiger partial charge in [0, 0.05) is 37.1 Å². The molecule has 0 saturated carbocycles. The van der Waals surface area contributed by atoms with Crippen LogP contribution in [0.4, 0.5) is 17.1 Å². The third kappa shape index (κ3) is 2.57. The van der Waals surface area contributed by atoms with Gasteiger partial charge in [-0.15, -0.1) is 0 Å². The van der Waals surface area contributed by atoms with Gasteiger partial charge in [0.05, 0.1) is 11.1 Å². The highest BCUT2D eigenvalue weighted by Crippen LogP contribution is 2.24. The molecule has 1 aromatic carbocycles. The standard InChI is InChI=1S/C11H13N5O2/c1-15-7-8(6-14-15)5-13-9-2-3-11(16(17)18)10(12)4-9/h2-4,6-7,13H,5,12H2,1H3. The molecule has 0 spiro atoms. The van der Waals surface area contributed by atoms with E-state index in [9.17, 15) is 10.1 Å². The molecule has 0 radical (unpaired) electrons. The SMILES string of the molecule is Cn1cc(CNc2ccc([N+](=O)[O-])c(N)c2)cn1. The van der Waals surface area contributed by atoms with E-state index in [0.717, 1.165) is 11.3 Å². The minimum atomic E-state index is -0.500. The van der Waals surface area contributed by atoms with Crippen LogP contribution in [-0.2, 0) is 13.6 Å². The molecular weight excluding hydrogens is 234 g/mol. The Labute approximate surface area is 103 Å². The van der Waals surface area contributed by atoms with E-state index in [2.05, 4.69) is 10.4 Å². The molecule has 0 unspecified atom stereocenters. The van der Waals surface area contributed by atoms with Gasteiger partial charge in [-0.2, -0.15) is 5.10 Å². The molecule has 0 amide bonds. The van der Waals surface area contributed by atoms with Crippen molar-refractivity contribution in [2.45, 2.75) is 6.54 Å². The van der Waals surface area contributed by atoms with E-state index in [0.29, 0.717) is 6.54 Å². The average molecular weight is 247 g/mol. The van der Waals surface area contributed by atoms with Crippen molar-refractivity contribution in [3.8, 4) is 0 Å². The normalized spacial score (nSPS) is 10.3. The predicted molar refractivity (Wildman–Crippen MR) is 68.0 cm³/mol. The van der Waals surface area contributed by atoms with Gasteiger partial charge in [0.25, 0.3) is 5.69 Å². The first-order valence-corrected chi connectivity index (χ1v) is 5.31. The van der Waals surface area contributed by atoms with Gasteiger partial charge < -0.3 is 11.1 Å². The number of nitrogen functional groups attached to an aromatic ring is 1. The van der Waals surface area contributed by atoms with E-state index < -0.39 is 4.92 Å². The van der Waals surface area contributed by atoms with Gasteiger partial charge in [0.2, 0.25) is 0 Å². The highest BCUT2D eigenvalue weighted by molar-refractivity contribution is 5.65. The molecule has 3 N–H and O–H groups in total. The molecule has 0 bridgehead atoms. The van der Waals surface area contributed by atoms with E-state index in [4.69, 9.17) is 5.73 Å². The van der Waals surface area contributed by atoms with Crippen LogP contribution in [0, 0.1) is 10.1 Å². The highest BCUT2D eigenvalue weighted by atomic mass is 16.6. The van der Waals surface area contributed by atoms with Gasteiger partial charge in [-0.1, -0.05) is 0 Å². The number of rotatable bonds is 4. The summed E-state index contributed by atoms with van der Waals surface area (Å²) < 4.78 is 1.71. The second-order valence-corrected chi connectivity index (χ2v) is 3.91. The van der Waals surface area contributed by atoms with Gasteiger partial charge in [0.15, 0.2) is 0 Å². The molecule has 0 aliphatic heterocycles. The molecule has 1 heterocycles. The summed E-state index contributed by atoms with van der Waals surface area (Å²) in [6, 6.07) is 4.57. The highest BCUT2D eigenvalue weighted by Gasteiger charge is 2.10. The van der Waals surface area contributed by atoms with Crippen molar-refractivity contribution in [3.63, 3.8) is 0 Å². The van der Waals surface area contributed by atoms with Crippen LogP contribution in [0.25, 0.3) is 0 Å². The zero-order chi connectivity index (χ0) is 13.1. The number of nitrogens with zero attached hydrogens (tertiary/aromatic N) is 3. The van der Waals surface area contributed by atoms with Crippen molar-refractivity contribution >= 4 is 17.1 Å². The number of aromatic nitrogens is 2. The molecule has 0 saturated heterocycles. The summed E-state index contributed by atoms with van der Waals surface area (Å²) in [5, 5.41) is 17.8. The number of anilines is 2. The van der Waals surface area contributed by atoms with Crippen LogP contribution in [0.5, 0.6) is 0 Å². The monoisotopic (exact) mass is 247 g/mol. The van der Waals surface area contributed by atoms with Crippen molar-refractivity contribution in [3.05, 3.63) is 46.3 Å². The Morgan fingerprint density at radius 3 is 2.89 bits per heavy atom. The van der Waals surface area contributed by atoms with Gasteiger partial charge in [-0.25, -0.2) is 0 Å². The minimum Gasteiger partial charge on any atom is -0.393 e. The second kappa shape index (κ2) is 4.74. The third-order valence-electron chi connectivity index (χ3n) is 2.48. The van der Waals surface area contributed by atoms with Crippen molar-refractivity contribution in [2.75, 3.05) is 11.1 Å². The quantitative estimate of drug-likeness (QED) is 0.485. The Morgan fingerprint density at radius 2 is 2.33 bits per heavy atom. The lowest BCUT2D eigenvalue weighted by Crippen LogP contribution is -2.01. The molecule has 7 heteroatoms.